The predicted octanol–water partition coefficient (Wildman–Crippen LogP) is 3.79. The molecule has 0 aromatic heterocycles. The number of anilines is 2. The Morgan fingerprint density at radius 2 is 1.67 bits per heavy atom. The molecule has 0 saturated heterocycles. The van der Waals surface area contributed by atoms with Gasteiger partial charge in [0.2, 0.25) is 0 Å². The topological polar surface area (TPSA) is 32.3 Å². The molecule has 0 unspecified atom stereocenters. The van der Waals surface area contributed by atoms with Gasteiger partial charge in [-0.3, -0.25) is 0 Å². The maximum absolute atomic E-state index is 9.41. The molecule has 3 heteroatoms. The molecule has 0 bridgehead atoms. The summed E-state index contributed by atoms with van der Waals surface area (Å²) in [4.78, 5) is 0. The second-order valence-electron chi connectivity index (χ2n) is 3.16. The number of rotatable bonds is 2. The summed E-state index contributed by atoms with van der Waals surface area (Å²) >= 11 is 5.71. The van der Waals surface area contributed by atoms with E-state index in [0.717, 1.165) is 11.4 Å². The van der Waals surface area contributed by atoms with Crippen molar-refractivity contribution in [3.05, 3.63) is 53.6 Å². The third-order valence-electron chi connectivity index (χ3n) is 2.01. The van der Waals surface area contributed by atoms with Gasteiger partial charge in [-0.05, 0) is 24.3 Å². The van der Waals surface area contributed by atoms with Gasteiger partial charge >= 0.3 is 0 Å². The van der Waals surface area contributed by atoms with Crippen LogP contribution in [0.3, 0.4) is 0 Å². The number of hydrogen-bond donors (Lipinski definition) is 2. The number of phenols is 1. The van der Waals surface area contributed by atoms with Gasteiger partial charge in [-0.25, -0.2) is 0 Å². The molecule has 0 heterocycles. The molecule has 2 rings (SSSR count). The quantitative estimate of drug-likeness (QED) is 0.806. The highest BCUT2D eigenvalue weighted by Gasteiger charge is 1.99. The van der Waals surface area contributed by atoms with E-state index in [2.05, 4.69) is 5.32 Å². The van der Waals surface area contributed by atoms with E-state index in [1.807, 2.05) is 36.4 Å². The Balaban J connectivity index is 2.22. The van der Waals surface area contributed by atoms with Crippen LogP contribution in [0.2, 0.25) is 5.02 Å². The van der Waals surface area contributed by atoms with Crippen LogP contribution in [0.25, 0.3) is 0 Å². The van der Waals surface area contributed by atoms with Crippen LogP contribution in [0.4, 0.5) is 11.4 Å². The van der Waals surface area contributed by atoms with E-state index in [0.29, 0.717) is 5.02 Å². The van der Waals surface area contributed by atoms with Crippen molar-refractivity contribution in [2.75, 3.05) is 5.32 Å². The predicted molar refractivity (Wildman–Crippen MR) is 62.8 cm³/mol. The average molecular weight is 220 g/mol. The Kier molecular flexibility index (Phi) is 2.79. The lowest BCUT2D eigenvalue weighted by atomic mass is 10.2. The Morgan fingerprint density at radius 3 is 2.33 bits per heavy atom. The minimum Gasteiger partial charge on any atom is -0.506 e. The number of nitrogens with one attached hydrogen (secondary N) is 1. The highest BCUT2D eigenvalue weighted by Crippen LogP contribution is 2.27. The van der Waals surface area contributed by atoms with E-state index in [1.54, 1.807) is 12.1 Å². The van der Waals surface area contributed by atoms with Crippen molar-refractivity contribution in [1.82, 2.24) is 0 Å². The fourth-order valence-corrected chi connectivity index (χ4v) is 1.40. The van der Waals surface area contributed by atoms with E-state index >= 15 is 0 Å². The molecule has 0 fully saturated rings. The standard InChI is InChI=1S/C12H10ClNO/c13-11-7-6-10(8-12(11)15)14-9-4-2-1-3-5-9/h1-8,14-15H. The molecule has 76 valence electrons. The van der Waals surface area contributed by atoms with Gasteiger partial charge in [0, 0.05) is 17.4 Å². The van der Waals surface area contributed by atoms with E-state index in [4.69, 9.17) is 11.6 Å². The van der Waals surface area contributed by atoms with Crippen molar-refractivity contribution in [2.24, 2.45) is 0 Å². The minimum atomic E-state index is 0.0811. The first-order valence-electron chi connectivity index (χ1n) is 4.56. The number of halogens is 1. The normalized spacial score (nSPS) is 9.93. The summed E-state index contributed by atoms with van der Waals surface area (Å²) in [6, 6.07) is 14.8. The molecule has 0 aliphatic rings. The van der Waals surface area contributed by atoms with Crippen LogP contribution < -0.4 is 5.32 Å². The lowest BCUT2D eigenvalue weighted by molar-refractivity contribution is 0.476. The van der Waals surface area contributed by atoms with Gasteiger partial charge in [0.05, 0.1) is 5.02 Å². The Hall–Kier alpha value is -1.67. The second kappa shape index (κ2) is 4.24. The summed E-state index contributed by atoms with van der Waals surface area (Å²) in [6.07, 6.45) is 0. The molecule has 2 aromatic carbocycles. The zero-order chi connectivity index (χ0) is 10.7. The van der Waals surface area contributed by atoms with Crippen molar-refractivity contribution in [2.45, 2.75) is 0 Å². The summed E-state index contributed by atoms with van der Waals surface area (Å²) in [5, 5.41) is 12.9. The molecule has 0 aliphatic carbocycles. The number of phenolic OH excluding ortho intramolecular Hbond substituents is 1. The van der Waals surface area contributed by atoms with Crippen molar-refractivity contribution in [3.8, 4) is 5.75 Å². The van der Waals surface area contributed by atoms with Gasteiger partial charge in [0.25, 0.3) is 0 Å². The lowest BCUT2D eigenvalue weighted by Gasteiger charge is -2.06. The van der Waals surface area contributed by atoms with E-state index in [-0.39, 0.29) is 5.75 Å². The van der Waals surface area contributed by atoms with Gasteiger partial charge in [-0.15, -0.1) is 0 Å². The number of aromatic hydroxyl groups is 1. The molecule has 2 N–H and O–H groups in total. The van der Waals surface area contributed by atoms with E-state index in [9.17, 15) is 5.11 Å². The molecule has 0 amide bonds. The van der Waals surface area contributed by atoms with Crippen LogP contribution in [0.15, 0.2) is 48.5 Å². The van der Waals surface area contributed by atoms with Crippen molar-refractivity contribution >= 4 is 23.0 Å². The highest BCUT2D eigenvalue weighted by atomic mass is 35.5. The van der Waals surface area contributed by atoms with Gasteiger partial charge in [-0.1, -0.05) is 29.8 Å². The van der Waals surface area contributed by atoms with Gasteiger partial charge in [0.15, 0.2) is 0 Å². The van der Waals surface area contributed by atoms with Crippen LogP contribution in [0.5, 0.6) is 5.75 Å². The molecule has 2 aromatic rings. The van der Waals surface area contributed by atoms with Gasteiger partial charge < -0.3 is 10.4 Å². The molecule has 0 aliphatic heterocycles. The van der Waals surface area contributed by atoms with Crippen molar-refractivity contribution in [1.29, 1.82) is 0 Å². The first-order valence-corrected chi connectivity index (χ1v) is 4.94. The Labute approximate surface area is 93.1 Å². The third kappa shape index (κ3) is 2.42. The molecule has 0 radical (unpaired) electrons. The maximum Gasteiger partial charge on any atom is 0.136 e. The van der Waals surface area contributed by atoms with Crippen LogP contribution in [0, 0.1) is 0 Å². The Morgan fingerprint density at radius 1 is 0.933 bits per heavy atom. The first-order chi connectivity index (χ1) is 7.25. The monoisotopic (exact) mass is 219 g/mol. The number of para-hydroxylation sites is 1. The number of benzene rings is 2. The molecule has 15 heavy (non-hydrogen) atoms. The number of hydrogen-bond acceptors (Lipinski definition) is 2. The van der Waals surface area contributed by atoms with E-state index in [1.165, 1.54) is 0 Å². The fourth-order valence-electron chi connectivity index (χ4n) is 1.28. The molecule has 0 spiro atoms. The fraction of sp³-hybridized carbons (Fsp3) is 0. The van der Waals surface area contributed by atoms with Crippen LogP contribution >= 0.6 is 11.6 Å². The molecule has 2 nitrogen and oxygen atoms in total. The van der Waals surface area contributed by atoms with Gasteiger partial charge in [-0.2, -0.15) is 0 Å². The smallest absolute Gasteiger partial charge is 0.136 e. The molecular weight excluding hydrogens is 210 g/mol. The Bertz CT molecular complexity index is 456. The molecule has 0 saturated carbocycles. The van der Waals surface area contributed by atoms with Crippen molar-refractivity contribution < 1.29 is 5.11 Å². The molecular formula is C12H10ClNO. The maximum atomic E-state index is 9.41. The highest BCUT2D eigenvalue weighted by molar-refractivity contribution is 6.32. The van der Waals surface area contributed by atoms with Crippen LogP contribution in [0.1, 0.15) is 0 Å². The van der Waals surface area contributed by atoms with Crippen molar-refractivity contribution in [3.63, 3.8) is 0 Å². The SMILES string of the molecule is Oc1cc(Nc2ccccc2)ccc1Cl. The third-order valence-corrected chi connectivity index (χ3v) is 2.33. The van der Waals surface area contributed by atoms with Crippen LogP contribution in [-0.2, 0) is 0 Å². The lowest BCUT2D eigenvalue weighted by Crippen LogP contribution is -1.88. The zero-order valence-corrected chi connectivity index (χ0v) is 8.70. The zero-order valence-electron chi connectivity index (χ0n) is 7.94. The van der Waals surface area contributed by atoms with Crippen LogP contribution in [-0.4, -0.2) is 5.11 Å². The molecule has 0 atom stereocenters. The summed E-state index contributed by atoms with van der Waals surface area (Å²) in [5.41, 5.74) is 1.78. The summed E-state index contributed by atoms with van der Waals surface area (Å²) < 4.78 is 0. The summed E-state index contributed by atoms with van der Waals surface area (Å²) in [5.74, 6) is 0.0811. The summed E-state index contributed by atoms with van der Waals surface area (Å²) in [7, 11) is 0. The second-order valence-corrected chi connectivity index (χ2v) is 3.56. The van der Waals surface area contributed by atoms with E-state index < -0.39 is 0 Å². The van der Waals surface area contributed by atoms with Gasteiger partial charge in [0.1, 0.15) is 5.75 Å². The minimum absolute atomic E-state index is 0.0811. The average Bonchev–Trinajstić information content (AvgIpc) is 2.25. The summed E-state index contributed by atoms with van der Waals surface area (Å²) in [6.45, 7) is 0. The largest absolute Gasteiger partial charge is 0.506 e. The first kappa shape index (κ1) is 9.87.